The molecule has 0 aromatic carbocycles. The lowest BCUT2D eigenvalue weighted by molar-refractivity contribution is -0.0247. The van der Waals surface area contributed by atoms with Crippen molar-refractivity contribution in [3.63, 3.8) is 0 Å². The van der Waals surface area contributed by atoms with E-state index in [1.165, 1.54) is 0 Å². The standard InChI is InChI=1S/C24H26N6O3/c1-15-10-18(17-4-5-19(28-13-17)23(31)26-3)11-20(29-15)21-14-30(8-9-33-21)24(32)16-6-7-27-22(12-16)25-2/h4-7,10-13,21H,8-9,14H2,1-3H3,(H,25,27)(H,26,31)/t21-/m1/s1. The second kappa shape index (κ2) is 9.74. The van der Waals surface area contributed by atoms with Crippen molar-refractivity contribution in [1.29, 1.82) is 0 Å². The molecule has 4 rings (SSSR count). The van der Waals surface area contributed by atoms with Gasteiger partial charge in [0.05, 0.1) is 18.8 Å². The first kappa shape index (κ1) is 22.3. The Kier molecular flexibility index (Phi) is 6.60. The number of hydrogen-bond donors (Lipinski definition) is 2. The van der Waals surface area contributed by atoms with Crippen molar-refractivity contribution in [3.8, 4) is 11.1 Å². The second-order valence-corrected chi connectivity index (χ2v) is 7.72. The van der Waals surface area contributed by atoms with Gasteiger partial charge >= 0.3 is 0 Å². The molecular weight excluding hydrogens is 420 g/mol. The molecule has 2 amide bonds. The van der Waals surface area contributed by atoms with Crippen LogP contribution in [0.15, 0.2) is 48.8 Å². The van der Waals surface area contributed by atoms with Crippen LogP contribution in [0.2, 0.25) is 0 Å². The van der Waals surface area contributed by atoms with E-state index in [0.29, 0.717) is 36.8 Å². The fraction of sp³-hybridized carbons (Fsp3) is 0.292. The number of aromatic nitrogens is 3. The third kappa shape index (κ3) is 4.98. The highest BCUT2D eigenvalue weighted by atomic mass is 16.5. The molecule has 33 heavy (non-hydrogen) atoms. The zero-order valence-corrected chi connectivity index (χ0v) is 18.8. The number of morpholine rings is 1. The number of pyridine rings is 3. The third-order valence-electron chi connectivity index (χ3n) is 5.48. The van der Waals surface area contributed by atoms with Crippen molar-refractivity contribution >= 4 is 17.6 Å². The van der Waals surface area contributed by atoms with Crippen LogP contribution in [0.4, 0.5) is 5.82 Å². The highest BCUT2D eigenvalue weighted by Crippen LogP contribution is 2.27. The first-order valence-corrected chi connectivity index (χ1v) is 10.7. The highest BCUT2D eigenvalue weighted by Gasteiger charge is 2.27. The molecule has 9 heteroatoms. The van der Waals surface area contributed by atoms with Crippen LogP contribution < -0.4 is 10.6 Å². The predicted octanol–water partition coefficient (Wildman–Crippen LogP) is 2.46. The summed E-state index contributed by atoms with van der Waals surface area (Å²) in [5.41, 5.74) is 4.31. The summed E-state index contributed by atoms with van der Waals surface area (Å²) in [7, 11) is 3.34. The van der Waals surface area contributed by atoms with E-state index in [1.807, 2.05) is 25.1 Å². The van der Waals surface area contributed by atoms with Crippen molar-refractivity contribution in [2.75, 3.05) is 39.1 Å². The Hall–Kier alpha value is -3.85. The average molecular weight is 447 g/mol. The van der Waals surface area contributed by atoms with Crippen molar-refractivity contribution in [2.24, 2.45) is 0 Å². The molecule has 1 aliphatic rings. The molecule has 2 N–H and O–H groups in total. The van der Waals surface area contributed by atoms with Gasteiger partial charge in [0, 0.05) is 49.9 Å². The number of rotatable bonds is 5. The van der Waals surface area contributed by atoms with Gasteiger partial charge in [-0.05, 0) is 42.8 Å². The maximum absolute atomic E-state index is 13.1. The van der Waals surface area contributed by atoms with Crippen LogP contribution in [0.5, 0.6) is 0 Å². The molecule has 0 spiro atoms. The average Bonchev–Trinajstić information content (AvgIpc) is 2.87. The van der Waals surface area contributed by atoms with Gasteiger partial charge in [0.15, 0.2) is 0 Å². The first-order chi connectivity index (χ1) is 16.0. The van der Waals surface area contributed by atoms with Crippen LogP contribution in [0.1, 0.15) is 38.3 Å². The number of aryl methyl sites for hydroxylation is 1. The van der Waals surface area contributed by atoms with Crippen molar-refractivity contribution < 1.29 is 14.3 Å². The van der Waals surface area contributed by atoms with Gasteiger partial charge in [0.25, 0.3) is 11.8 Å². The molecule has 0 saturated carbocycles. The topological polar surface area (TPSA) is 109 Å². The zero-order valence-electron chi connectivity index (χ0n) is 18.8. The molecule has 1 atom stereocenters. The number of anilines is 1. The molecular formula is C24H26N6O3. The van der Waals surface area contributed by atoms with Crippen molar-refractivity contribution in [2.45, 2.75) is 13.0 Å². The minimum absolute atomic E-state index is 0.0657. The molecule has 9 nitrogen and oxygen atoms in total. The summed E-state index contributed by atoms with van der Waals surface area (Å²) in [6.07, 6.45) is 2.95. The van der Waals surface area contributed by atoms with Gasteiger partial charge in [-0.2, -0.15) is 0 Å². The summed E-state index contributed by atoms with van der Waals surface area (Å²) in [6.45, 7) is 3.25. The summed E-state index contributed by atoms with van der Waals surface area (Å²) in [5.74, 6) is 0.348. The highest BCUT2D eigenvalue weighted by molar-refractivity contribution is 5.95. The fourth-order valence-electron chi connectivity index (χ4n) is 3.75. The summed E-state index contributed by atoms with van der Waals surface area (Å²) >= 11 is 0. The summed E-state index contributed by atoms with van der Waals surface area (Å²) in [5, 5.41) is 5.52. The largest absolute Gasteiger partial charge is 0.373 e. The predicted molar refractivity (Wildman–Crippen MR) is 124 cm³/mol. The molecule has 0 bridgehead atoms. The Morgan fingerprint density at radius 1 is 1.09 bits per heavy atom. The quantitative estimate of drug-likeness (QED) is 0.620. The van der Waals surface area contributed by atoms with E-state index in [0.717, 1.165) is 22.5 Å². The van der Waals surface area contributed by atoms with Crippen LogP contribution in [-0.4, -0.2) is 65.5 Å². The minimum atomic E-state index is -0.343. The Bertz CT molecular complexity index is 1170. The number of carbonyl (C=O) groups is 2. The minimum Gasteiger partial charge on any atom is -0.373 e. The van der Waals surface area contributed by atoms with Gasteiger partial charge in [-0.1, -0.05) is 6.07 Å². The molecule has 170 valence electrons. The van der Waals surface area contributed by atoms with Crippen LogP contribution in [-0.2, 0) is 4.74 Å². The fourth-order valence-corrected chi connectivity index (χ4v) is 3.75. The Morgan fingerprint density at radius 3 is 2.67 bits per heavy atom. The van der Waals surface area contributed by atoms with Crippen LogP contribution in [0, 0.1) is 6.92 Å². The molecule has 0 unspecified atom stereocenters. The molecule has 1 aliphatic heterocycles. The number of carbonyl (C=O) groups excluding carboxylic acids is 2. The number of amides is 2. The molecule has 3 aromatic heterocycles. The van der Waals surface area contributed by atoms with Crippen LogP contribution >= 0.6 is 0 Å². The lowest BCUT2D eigenvalue weighted by Crippen LogP contribution is -2.42. The Morgan fingerprint density at radius 2 is 1.94 bits per heavy atom. The Balaban J connectivity index is 1.55. The second-order valence-electron chi connectivity index (χ2n) is 7.72. The molecule has 3 aromatic rings. The van der Waals surface area contributed by atoms with Gasteiger partial charge < -0.3 is 20.3 Å². The molecule has 1 fully saturated rings. The molecule has 0 aliphatic carbocycles. The van der Waals surface area contributed by atoms with E-state index >= 15 is 0 Å². The summed E-state index contributed by atoms with van der Waals surface area (Å²) in [4.78, 5) is 39.7. The van der Waals surface area contributed by atoms with E-state index in [2.05, 4.69) is 25.6 Å². The third-order valence-corrected chi connectivity index (χ3v) is 5.48. The normalized spacial score (nSPS) is 15.7. The smallest absolute Gasteiger partial charge is 0.269 e. The number of hydrogen-bond acceptors (Lipinski definition) is 7. The Labute approximate surface area is 192 Å². The van der Waals surface area contributed by atoms with Gasteiger partial charge in [-0.25, -0.2) is 4.98 Å². The van der Waals surface area contributed by atoms with Crippen molar-refractivity contribution in [1.82, 2.24) is 25.2 Å². The van der Waals surface area contributed by atoms with E-state index in [1.54, 1.807) is 49.6 Å². The maximum Gasteiger partial charge on any atom is 0.269 e. The summed E-state index contributed by atoms with van der Waals surface area (Å²) < 4.78 is 5.99. The lowest BCUT2D eigenvalue weighted by Gasteiger charge is -2.33. The van der Waals surface area contributed by atoms with E-state index in [4.69, 9.17) is 4.74 Å². The SMILES string of the molecule is CNC(=O)c1ccc(-c2cc(C)nc([C@H]3CN(C(=O)c4ccnc(NC)c4)CCO3)c2)cn1. The molecule has 1 saturated heterocycles. The van der Waals surface area contributed by atoms with Crippen LogP contribution in [0.25, 0.3) is 11.1 Å². The monoisotopic (exact) mass is 446 g/mol. The molecule has 4 heterocycles. The number of nitrogens with one attached hydrogen (secondary N) is 2. The van der Waals surface area contributed by atoms with Gasteiger partial charge in [0.1, 0.15) is 17.6 Å². The van der Waals surface area contributed by atoms with Gasteiger partial charge in [-0.15, -0.1) is 0 Å². The summed E-state index contributed by atoms with van der Waals surface area (Å²) in [6, 6.07) is 10.9. The van der Waals surface area contributed by atoms with Crippen molar-refractivity contribution in [3.05, 3.63) is 71.4 Å². The first-order valence-electron chi connectivity index (χ1n) is 10.7. The van der Waals surface area contributed by atoms with Crippen LogP contribution in [0.3, 0.4) is 0 Å². The zero-order chi connectivity index (χ0) is 23.4. The maximum atomic E-state index is 13.1. The van der Waals surface area contributed by atoms with E-state index in [9.17, 15) is 9.59 Å². The van der Waals surface area contributed by atoms with Gasteiger partial charge in [-0.3, -0.25) is 19.6 Å². The molecule has 0 radical (unpaired) electrons. The van der Waals surface area contributed by atoms with Gasteiger partial charge in [0.2, 0.25) is 0 Å². The lowest BCUT2D eigenvalue weighted by atomic mass is 10.0. The number of nitrogens with zero attached hydrogens (tertiary/aromatic N) is 4. The number of ether oxygens (including phenoxy) is 1. The van der Waals surface area contributed by atoms with E-state index < -0.39 is 0 Å². The van der Waals surface area contributed by atoms with E-state index in [-0.39, 0.29) is 17.9 Å².